The number of likely N-dealkylation sites (N-methyl/N-ethyl adjacent to an activating group) is 1. The number of phenolic OH excluding ortho intramolecular Hbond substituents is 1. The molecule has 7 rings (SSSR count). The Bertz CT molecular complexity index is 1650. The van der Waals surface area contributed by atoms with Gasteiger partial charge in [0, 0.05) is 51.6 Å². The lowest BCUT2D eigenvalue weighted by molar-refractivity contribution is -0.386. The SMILES string of the molecule is CN(C(=O)/C=C/c1cc(Br)cs1)[C@H]1CC[C@@]2(O)[C@H]3Cc4c([N+](=O)[O-])cc(O)c5c4[C@@]2(CCN3CCc2ccccc2)[C@H]1O5. The molecule has 2 fully saturated rings. The van der Waals surface area contributed by atoms with Crippen molar-refractivity contribution in [1.29, 1.82) is 0 Å². The van der Waals surface area contributed by atoms with Gasteiger partial charge >= 0.3 is 0 Å². The average molecular weight is 667 g/mol. The van der Waals surface area contributed by atoms with E-state index in [9.17, 15) is 25.1 Å². The van der Waals surface area contributed by atoms with Crippen LogP contribution in [0.15, 0.2) is 58.4 Å². The minimum atomic E-state index is -1.24. The van der Waals surface area contributed by atoms with Gasteiger partial charge in [0.2, 0.25) is 5.91 Å². The highest BCUT2D eigenvalue weighted by Gasteiger charge is 2.74. The number of halogens is 1. The second kappa shape index (κ2) is 10.4. The first-order chi connectivity index (χ1) is 20.6. The number of hydrogen-bond donors (Lipinski definition) is 2. The van der Waals surface area contributed by atoms with Crippen LogP contribution in [0.1, 0.15) is 40.8 Å². The van der Waals surface area contributed by atoms with Gasteiger partial charge in [-0.3, -0.25) is 19.8 Å². The summed E-state index contributed by atoms with van der Waals surface area (Å²) < 4.78 is 7.50. The number of nitro benzene ring substituents is 1. The number of carbonyl (C=O) groups excluding carboxylic acids is 1. The van der Waals surface area contributed by atoms with Gasteiger partial charge in [0.1, 0.15) is 6.10 Å². The number of benzene rings is 2. The van der Waals surface area contributed by atoms with E-state index in [4.69, 9.17) is 4.74 Å². The number of piperidine rings is 1. The summed E-state index contributed by atoms with van der Waals surface area (Å²) in [5.41, 5.74) is -0.0992. The number of nitrogens with zero attached hydrogens (tertiary/aromatic N) is 3. The zero-order chi connectivity index (χ0) is 30.1. The molecule has 43 heavy (non-hydrogen) atoms. The summed E-state index contributed by atoms with van der Waals surface area (Å²) >= 11 is 4.97. The highest BCUT2D eigenvalue weighted by atomic mass is 79.9. The van der Waals surface area contributed by atoms with Gasteiger partial charge in [-0.1, -0.05) is 30.3 Å². The summed E-state index contributed by atoms with van der Waals surface area (Å²) in [6.45, 7) is 1.37. The number of carbonyl (C=O) groups is 1. The molecule has 2 aliphatic heterocycles. The molecular weight excluding hydrogens is 634 g/mol. The van der Waals surface area contributed by atoms with E-state index >= 15 is 0 Å². The molecule has 2 aromatic carbocycles. The molecule has 224 valence electrons. The number of rotatable bonds is 7. The third kappa shape index (κ3) is 4.27. The molecule has 2 N–H and O–H groups in total. The van der Waals surface area contributed by atoms with Crippen molar-refractivity contribution in [3.63, 3.8) is 0 Å². The van der Waals surface area contributed by atoms with E-state index in [1.807, 2.05) is 29.6 Å². The molecule has 3 aromatic rings. The normalized spacial score (nSPS) is 28.9. The lowest BCUT2D eigenvalue weighted by Gasteiger charge is -2.64. The number of phenols is 1. The first kappa shape index (κ1) is 28.5. The molecule has 3 heterocycles. The maximum absolute atomic E-state index is 13.4. The van der Waals surface area contributed by atoms with Crippen molar-refractivity contribution < 1.29 is 24.7 Å². The number of aromatic hydroxyl groups is 1. The minimum Gasteiger partial charge on any atom is -0.504 e. The Morgan fingerprint density at radius 2 is 2.09 bits per heavy atom. The molecule has 1 saturated heterocycles. The smallest absolute Gasteiger partial charge is 0.276 e. The summed E-state index contributed by atoms with van der Waals surface area (Å²) in [5.74, 6) is -0.275. The van der Waals surface area contributed by atoms with E-state index in [0.29, 0.717) is 49.9 Å². The van der Waals surface area contributed by atoms with Gasteiger partial charge in [0.05, 0.1) is 28.0 Å². The van der Waals surface area contributed by atoms with E-state index in [1.54, 1.807) is 24.1 Å². The van der Waals surface area contributed by atoms with Gasteiger partial charge < -0.3 is 19.8 Å². The molecule has 4 aliphatic rings. The summed E-state index contributed by atoms with van der Waals surface area (Å²) in [6.07, 6.45) is 5.16. The predicted octanol–water partition coefficient (Wildman–Crippen LogP) is 5.06. The molecule has 1 spiro atoms. The van der Waals surface area contributed by atoms with Gasteiger partial charge in [0.25, 0.3) is 5.69 Å². The predicted molar refractivity (Wildman–Crippen MR) is 166 cm³/mol. The van der Waals surface area contributed by atoms with Crippen LogP contribution in [0, 0.1) is 10.1 Å². The Hall–Kier alpha value is -3.25. The van der Waals surface area contributed by atoms with Crippen LogP contribution in [-0.4, -0.2) is 74.8 Å². The zero-order valence-corrected chi connectivity index (χ0v) is 26.0. The molecule has 2 bridgehead atoms. The van der Waals surface area contributed by atoms with Crippen molar-refractivity contribution >= 4 is 44.9 Å². The maximum atomic E-state index is 13.4. The van der Waals surface area contributed by atoms with Crippen LogP contribution in [-0.2, 0) is 23.1 Å². The van der Waals surface area contributed by atoms with Gasteiger partial charge in [-0.15, -0.1) is 11.3 Å². The van der Waals surface area contributed by atoms with Crippen LogP contribution in [0.25, 0.3) is 6.08 Å². The fraction of sp³-hybridized carbons (Fsp3) is 0.406. The van der Waals surface area contributed by atoms with Crippen LogP contribution in [0.2, 0.25) is 0 Å². The van der Waals surface area contributed by atoms with E-state index in [0.717, 1.165) is 15.8 Å². The molecule has 2 aliphatic carbocycles. The van der Waals surface area contributed by atoms with Crippen LogP contribution >= 0.6 is 27.3 Å². The quantitative estimate of drug-likeness (QED) is 0.206. The standard InChI is InChI=1S/C32H32BrN3O6S/c1-34(27(38)8-7-21-15-20(33)18-43-21)23-9-11-32(39)26-16-22-24(36(40)41)17-25(37)29-28(22)31(32,30(23)42-29)12-14-35(26)13-10-19-5-3-2-4-6-19/h2-8,15,17-18,23,26,30,37,39H,9-14,16H2,1H3/b8-7+/t23-,26+,30-,31-,32+/m0/s1. The summed E-state index contributed by atoms with van der Waals surface area (Å²) in [5, 5.41) is 38.0. The molecule has 11 heteroatoms. The fourth-order valence-corrected chi connectivity index (χ4v) is 9.60. The van der Waals surface area contributed by atoms with E-state index in [1.165, 1.54) is 23.0 Å². The van der Waals surface area contributed by atoms with E-state index in [-0.39, 0.29) is 29.1 Å². The number of nitro groups is 1. The third-order valence-electron chi connectivity index (χ3n) is 10.2. The molecule has 1 amide bonds. The number of amides is 1. The maximum Gasteiger partial charge on any atom is 0.276 e. The largest absolute Gasteiger partial charge is 0.504 e. The Morgan fingerprint density at radius 3 is 2.81 bits per heavy atom. The van der Waals surface area contributed by atoms with E-state index in [2.05, 4.69) is 33.0 Å². The van der Waals surface area contributed by atoms with Gasteiger partial charge in [0.15, 0.2) is 11.5 Å². The van der Waals surface area contributed by atoms with Crippen LogP contribution in [0.3, 0.4) is 0 Å². The first-order valence-corrected chi connectivity index (χ1v) is 16.2. The van der Waals surface area contributed by atoms with Crippen LogP contribution < -0.4 is 4.74 Å². The minimum absolute atomic E-state index is 0.145. The molecule has 9 nitrogen and oxygen atoms in total. The lowest BCUT2D eigenvalue weighted by Crippen LogP contribution is -2.78. The lowest BCUT2D eigenvalue weighted by atomic mass is 9.48. The van der Waals surface area contributed by atoms with Crippen molar-refractivity contribution in [3.05, 3.63) is 90.1 Å². The highest BCUT2D eigenvalue weighted by Crippen LogP contribution is 2.67. The third-order valence-corrected chi connectivity index (χ3v) is 11.9. The van der Waals surface area contributed by atoms with Gasteiger partial charge in [-0.2, -0.15) is 0 Å². The molecule has 1 saturated carbocycles. The van der Waals surface area contributed by atoms with Gasteiger partial charge in [-0.05, 0) is 72.3 Å². The fourth-order valence-electron chi connectivity index (χ4n) is 8.27. The first-order valence-electron chi connectivity index (χ1n) is 14.5. The number of ether oxygens (including phenoxy) is 1. The topological polar surface area (TPSA) is 116 Å². The second-order valence-corrected chi connectivity index (χ2v) is 13.9. The van der Waals surface area contributed by atoms with Crippen LogP contribution in [0.5, 0.6) is 11.5 Å². The van der Waals surface area contributed by atoms with Crippen molar-refractivity contribution in [1.82, 2.24) is 9.80 Å². The molecule has 0 unspecified atom stereocenters. The Morgan fingerprint density at radius 1 is 1.30 bits per heavy atom. The van der Waals surface area contributed by atoms with Crippen molar-refractivity contribution in [2.45, 2.75) is 61.3 Å². The zero-order valence-electron chi connectivity index (χ0n) is 23.6. The van der Waals surface area contributed by atoms with Crippen molar-refractivity contribution in [2.75, 3.05) is 20.1 Å². The van der Waals surface area contributed by atoms with Crippen LogP contribution in [0.4, 0.5) is 5.69 Å². The monoisotopic (exact) mass is 665 g/mol. The molecule has 1 aromatic heterocycles. The number of likely N-dealkylation sites (tertiary alicyclic amines) is 1. The summed E-state index contributed by atoms with van der Waals surface area (Å²) in [6, 6.07) is 12.5. The molecule has 5 atom stereocenters. The Labute approximate surface area is 261 Å². The summed E-state index contributed by atoms with van der Waals surface area (Å²) in [7, 11) is 1.74. The Kier molecular flexibility index (Phi) is 6.92. The average Bonchev–Trinajstić information content (AvgIpc) is 3.57. The molecular formula is C32H32BrN3O6S. The van der Waals surface area contributed by atoms with E-state index < -0.39 is 28.1 Å². The van der Waals surface area contributed by atoms with Crippen molar-refractivity contribution in [3.8, 4) is 11.5 Å². The number of thiophene rings is 1. The second-order valence-electron chi connectivity index (χ2n) is 12.1. The highest BCUT2D eigenvalue weighted by molar-refractivity contribution is 9.10. The van der Waals surface area contributed by atoms with Crippen molar-refractivity contribution in [2.24, 2.45) is 0 Å². The molecule has 0 radical (unpaired) electrons. The number of aliphatic hydroxyl groups is 1. The number of hydrogen-bond acceptors (Lipinski definition) is 8. The van der Waals surface area contributed by atoms with Gasteiger partial charge in [-0.25, -0.2) is 0 Å². The Balaban J connectivity index is 1.28. The summed E-state index contributed by atoms with van der Waals surface area (Å²) in [4.78, 5) is 30.2.